The smallest absolute Gasteiger partial charge is 0.243 e. The Hall–Kier alpha value is -3.29. The van der Waals surface area contributed by atoms with E-state index < -0.39 is 50.9 Å². The number of rotatable bonds is 9. The Morgan fingerprint density at radius 3 is 2.45 bits per heavy atom. The van der Waals surface area contributed by atoms with Crippen molar-refractivity contribution in [2.45, 2.75) is 61.0 Å². The molecular weight excluding hydrogens is 593 g/mol. The van der Waals surface area contributed by atoms with Gasteiger partial charge in [-0.15, -0.1) is 0 Å². The molecule has 0 bridgehead atoms. The molecule has 5 rings (SSSR count). The highest BCUT2D eigenvalue weighted by Gasteiger charge is 2.44. The SMILES string of the molecule is C[C@H]1CNC[C@H](CCc2c(F)cccc2NC(=O)C(N)C2(c3ccc(F)c(F)c3)CCOCC2)N1S(=O)(=O)c1ccccc1. The Balaban J connectivity index is 1.37. The first kappa shape index (κ1) is 32.1. The number of hydrogen-bond acceptors (Lipinski definition) is 6. The van der Waals surface area contributed by atoms with Crippen LogP contribution < -0.4 is 16.4 Å². The first-order chi connectivity index (χ1) is 21.0. The highest BCUT2D eigenvalue weighted by atomic mass is 32.2. The van der Waals surface area contributed by atoms with E-state index in [1.54, 1.807) is 36.4 Å². The molecule has 2 aliphatic rings. The Morgan fingerprint density at radius 2 is 1.75 bits per heavy atom. The first-order valence-corrected chi connectivity index (χ1v) is 16.1. The van der Waals surface area contributed by atoms with Crippen molar-refractivity contribution in [3.05, 3.63) is 95.3 Å². The number of carbonyl (C=O) groups excluding carboxylic acids is 1. The molecule has 0 aromatic heterocycles. The van der Waals surface area contributed by atoms with Gasteiger partial charge in [0.25, 0.3) is 0 Å². The number of sulfonamides is 1. The van der Waals surface area contributed by atoms with Crippen LogP contribution >= 0.6 is 0 Å². The molecule has 2 saturated heterocycles. The van der Waals surface area contributed by atoms with Crippen molar-refractivity contribution in [2.75, 3.05) is 31.6 Å². The predicted molar refractivity (Wildman–Crippen MR) is 161 cm³/mol. The summed E-state index contributed by atoms with van der Waals surface area (Å²) in [5.74, 6) is -3.20. The van der Waals surface area contributed by atoms with E-state index >= 15 is 4.39 Å². The van der Waals surface area contributed by atoms with Crippen LogP contribution in [-0.4, -0.2) is 63.1 Å². The van der Waals surface area contributed by atoms with Gasteiger partial charge in [0.2, 0.25) is 15.9 Å². The highest BCUT2D eigenvalue weighted by Crippen LogP contribution is 2.39. The van der Waals surface area contributed by atoms with Crippen LogP contribution in [0.5, 0.6) is 0 Å². The van der Waals surface area contributed by atoms with Crippen molar-refractivity contribution in [2.24, 2.45) is 5.73 Å². The molecule has 2 heterocycles. The van der Waals surface area contributed by atoms with Gasteiger partial charge in [-0.2, -0.15) is 4.31 Å². The van der Waals surface area contributed by atoms with E-state index in [2.05, 4.69) is 10.6 Å². The summed E-state index contributed by atoms with van der Waals surface area (Å²) < 4.78 is 77.5. The number of nitrogens with two attached hydrogens (primary N) is 1. The quantitative estimate of drug-likeness (QED) is 0.328. The molecule has 0 saturated carbocycles. The van der Waals surface area contributed by atoms with Gasteiger partial charge in [-0.1, -0.05) is 30.3 Å². The van der Waals surface area contributed by atoms with Crippen molar-refractivity contribution in [3.63, 3.8) is 0 Å². The van der Waals surface area contributed by atoms with Crippen LogP contribution in [0.2, 0.25) is 0 Å². The Bertz CT molecular complexity index is 1590. The molecule has 2 fully saturated rings. The summed E-state index contributed by atoms with van der Waals surface area (Å²) in [6, 6.07) is 14.1. The number of hydrogen-bond donors (Lipinski definition) is 3. The molecule has 1 amide bonds. The van der Waals surface area contributed by atoms with Crippen LogP contribution in [0, 0.1) is 17.5 Å². The van der Waals surface area contributed by atoms with Crippen LogP contribution in [-0.2, 0) is 31.4 Å². The number of carbonyl (C=O) groups is 1. The van der Waals surface area contributed by atoms with Gasteiger partial charge in [-0.25, -0.2) is 21.6 Å². The average molecular weight is 631 g/mol. The van der Waals surface area contributed by atoms with E-state index in [4.69, 9.17) is 10.5 Å². The van der Waals surface area contributed by atoms with Gasteiger partial charge in [-0.3, -0.25) is 4.79 Å². The van der Waals surface area contributed by atoms with Gasteiger partial charge < -0.3 is 21.1 Å². The molecular formula is C32H37F3N4O4S. The zero-order chi connectivity index (χ0) is 31.5. The number of amides is 1. The molecule has 4 N–H and O–H groups in total. The van der Waals surface area contributed by atoms with E-state index in [1.165, 1.54) is 22.5 Å². The standard InChI is InChI=1S/C32H37F3N4O4S/c1-21-19-37-20-23(39(21)44(41,42)24-6-3-2-4-7-24)11-12-25-26(33)8-5-9-29(25)38-31(40)30(36)32(14-16-43-17-15-32)22-10-13-27(34)28(35)18-22/h2-10,13,18,21,23,30,37H,11-12,14-17,19-20,36H2,1H3,(H,38,40)/t21-,23-,30?/m0/s1. The second-order valence-electron chi connectivity index (χ2n) is 11.5. The number of halogens is 3. The maximum Gasteiger partial charge on any atom is 0.243 e. The number of nitrogens with one attached hydrogen (secondary N) is 2. The van der Waals surface area contributed by atoms with Crippen LogP contribution in [0.1, 0.15) is 37.3 Å². The summed E-state index contributed by atoms with van der Waals surface area (Å²) in [5.41, 5.74) is 6.35. The van der Waals surface area contributed by atoms with Crippen molar-refractivity contribution in [3.8, 4) is 0 Å². The average Bonchev–Trinajstić information content (AvgIpc) is 3.02. The van der Waals surface area contributed by atoms with Crippen molar-refractivity contribution >= 4 is 21.6 Å². The molecule has 0 spiro atoms. The molecule has 3 aromatic rings. The molecule has 0 radical (unpaired) electrons. The number of benzene rings is 3. The monoisotopic (exact) mass is 630 g/mol. The lowest BCUT2D eigenvalue weighted by molar-refractivity contribution is -0.120. The van der Waals surface area contributed by atoms with Crippen LogP contribution in [0.3, 0.4) is 0 Å². The lowest BCUT2D eigenvalue weighted by Crippen LogP contribution is -2.58. The minimum absolute atomic E-state index is 0.138. The van der Waals surface area contributed by atoms with Gasteiger partial charge in [0.1, 0.15) is 5.82 Å². The summed E-state index contributed by atoms with van der Waals surface area (Å²) in [7, 11) is -3.81. The lowest BCUT2D eigenvalue weighted by atomic mass is 9.68. The third-order valence-corrected chi connectivity index (χ3v) is 10.9. The van der Waals surface area contributed by atoms with E-state index in [1.807, 2.05) is 6.92 Å². The van der Waals surface area contributed by atoms with Gasteiger partial charge in [0, 0.05) is 55.1 Å². The summed E-state index contributed by atoms with van der Waals surface area (Å²) in [4.78, 5) is 13.8. The van der Waals surface area contributed by atoms with Crippen LogP contribution in [0.4, 0.5) is 18.9 Å². The van der Waals surface area contributed by atoms with E-state index in [0.717, 1.165) is 12.1 Å². The third kappa shape index (κ3) is 6.40. The Kier molecular flexibility index (Phi) is 9.76. The fourth-order valence-corrected chi connectivity index (χ4v) is 8.26. The zero-order valence-corrected chi connectivity index (χ0v) is 25.3. The highest BCUT2D eigenvalue weighted by molar-refractivity contribution is 7.89. The molecule has 8 nitrogen and oxygen atoms in total. The molecule has 2 aliphatic heterocycles. The molecule has 44 heavy (non-hydrogen) atoms. The Morgan fingerprint density at radius 1 is 1.02 bits per heavy atom. The van der Waals surface area contributed by atoms with E-state index in [-0.39, 0.29) is 48.2 Å². The fraction of sp³-hybridized carbons (Fsp3) is 0.406. The number of ether oxygens (including phenoxy) is 1. The zero-order valence-electron chi connectivity index (χ0n) is 24.4. The first-order valence-electron chi connectivity index (χ1n) is 14.7. The predicted octanol–water partition coefficient (Wildman–Crippen LogP) is 4.10. The van der Waals surface area contributed by atoms with Crippen LogP contribution in [0.25, 0.3) is 0 Å². The summed E-state index contributed by atoms with van der Waals surface area (Å²) in [6.07, 6.45) is 1.04. The Labute approximate surface area is 255 Å². The molecule has 12 heteroatoms. The van der Waals surface area contributed by atoms with Crippen molar-refractivity contribution < 1.29 is 31.1 Å². The lowest BCUT2D eigenvalue weighted by Gasteiger charge is -2.41. The summed E-state index contributed by atoms with van der Waals surface area (Å²) in [6.45, 7) is 3.25. The van der Waals surface area contributed by atoms with Gasteiger partial charge >= 0.3 is 0 Å². The topological polar surface area (TPSA) is 114 Å². The molecule has 1 unspecified atom stereocenters. The van der Waals surface area contributed by atoms with Crippen molar-refractivity contribution in [1.29, 1.82) is 0 Å². The number of nitrogens with zero attached hydrogens (tertiary/aromatic N) is 1. The van der Waals surface area contributed by atoms with Gasteiger partial charge in [-0.05, 0) is 74.6 Å². The van der Waals surface area contributed by atoms with Crippen LogP contribution in [0.15, 0.2) is 71.6 Å². The second-order valence-corrected chi connectivity index (χ2v) is 13.3. The maximum absolute atomic E-state index is 15.3. The summed E-state index contributed by atoms with van der Waals surface area (Å²) >= 11 is 0. The van der Waals surface area contributed by atoms with E-state index in [9.17, 15) is 22.0 Å². The molecule has 3 aromatic carbocycles. The molecule has 0 aliphatic carbocycles. The minimum atomic E-state index is -3.81. The maximum atomic E-state index is 15.3. The minimum Gasteiger partial charge on any atom is -0.381 e. The summed E-state index contributed by atoms with van der Waals surface area (Å²) in [5, 5.41) is 6.04. The van der Waals surface area contributed by atoms with Gasteiger partial charge in [0.15, 0.2) is 11.6 Å². The van der Waals surface area contributed by atoms with E-state index in [0.29, 0.717) is 31.5 Å². The number of anilines is 1. The fourth-order valence-electron chi connectivity index (χ4n) is 6.40. The van der Waals surface area contributed by atoms with Crippen molar-refractivity contribution in [1.82, 2.24) is 9.62 Å². The second kappa shape index (κ2) is 13.4. The normalized spacial score (nSPS) is 21.5. The molecule has 3 atom stereocenters. The largest absolute Gasteiger partial charge is 0.381 e. The van der Waals surface area contributed by atoms with Gasteiger partial charge in [0.05, 0.1) is 10.9 Å². The third-order valence-electron chi connectivity index (χ3n) is 8.79. The number of piperazine rings is 1. The molecule has 236 valence electrons.